The van der Waals surface area contributed by atoms with Gasteiger partial charge < -0.3 is 4.74 Å². The number of hydrogen-bond donors (Lipinski definition) is 0. The van der Waals surface area contributed by atoms with Gasteiger partial charge in [0.1, 0.15) is 5.75 Å². The SMILES string of the molecule is COc1cccc(C(C)[NH])c1. The van der Waals surface area contributed by atoms with Crippen molar-refractivity contribution < 1.29 is 4.74 Å². The molecule has 1 unspecified atom stereocenters. The van der Waals surface area contributed by atoms with Crippen molar-refractivity contribution in [3.63, 3.8) is 0 Å². The van der Waals surface area contributed by atoms with Gasteiger partial charge in [0.05, 0.1) is 7.11 Å². The van der Waals surface area contributed by atoms with E-state index in [1.807, 2.05) is 31.2 Å². The average molecular weight is 150 g/mol. The first-order valence-corrected chi connectivity index (χ1v) is 3.59. The summed E-state index contributed by atoms with van der Waals surface area (Å²) in [5.41, 5.74) is 8.43. The second-order valence-corrected chi connectivity index (χ2v) is 2.50. The normalized spacial score (nSPS) is 12.6. The molecule has 0 amide bonds. The van der Waals surface area contributed by atoms with Crippen LogP contribution in [0.3, 0.4) is 0 Å². The van der Waals surface area contributed by atoms with Gasteiger partial charge in [-0.25, -0.2) is 0 Å². The number of hydrogen-bond acceptors (Lipinski definition) is 1. The minimum Gasteiger partial charge on any atom is -0.497 e. The first-order valence-electron chi connectivity index (χ1n) is 3.59. The highest BCUT2D eigenvalue weighted by atomic mass is 16.5. The predicted molar refractivity (Wildman–Crippen MR) is 44.5 cm³/mol. The van der Waals surface area contributed by atoms with Crippen molar-refractivity contribution in [1.29, 1.82) is 0 Å². The van der Waals surface area contributed by atoms with Gasteiger partial charge in [-0.05, 0) is 24.6 Å². The Morgan fingerprint density at radius 1 is 1.45 bits per heavy atom. The fourth-order valence-corrected chi connectivity index (χ4v) is 0.911. The molecule has 0 aliphatic heterocycles. The summed E-state index contributed by atoms with van der Waals surface area (Å²) in [5, 5.41) is 0. The lowest BCUT2D eigenvalue weighted by atomic mass is 10.1. The van der Waals surface area contributed by atoms with Crippen LogP contribution in [-0.2, 0) is 0 Å². The molecule has 11 heavy (non-hydrogen) atoms. The molecule has 2 nitrogen and oxygen atoms in total. The molecule has 0 saturated heterocycles. The van der Waals surface area contributed by atoms with E-state index in [2.05, 4.69) is 0 Å². The third-order valence-electron chi connectivity index (χ3n) is 1.59. The Hall–Kier alpha value is -1.02. The monoisotopic (exact) mass is 150 g/mol. The van der Waals surface area contributed by atoms with Gasteiger partial charge in [-0.2, -0.15) is 0 Å². The van der Waals surface area contributed by atoms with E-state index >= 15 is 0 Å². The van der Waals surface area contributed by atoms with Crippen molar-refractivity contribution in [3.05, 3.63) is 29.8 Å². The minimum absolute atomic E-state index is 0.176. The van der Waals surface area contributed by atoms with Crippen LogP contribution in [0.2, 0.25) is 0 Å². The van der Waals surface area contributed by atoms with Crippen LogP contribution in [0.5, 0.6) is 5.75 Å². The molecule has 0 aromatic heterocycles. The Balaban J connectivity index is 2.91. The molecular formula is C9H12NO. The summed E-state index contributed by atoms with van der Waals surface area (Å²) in [6.07, 6.45) is 0. The largest absolute Gasteiger partial charge is 0.497 e. The fourth-order valence-electron chi connectivity index (χ4n) is 0.911. The molecule has 0 bridgehead atoms. The van der Waals surface area contributed by atoms with Gasteiger partial charge in [-0.3, -0.25) is 5.73 Å². The van der Waals surface area contributed by atoms with Crippen LogP contribution in [-0.4, -0.2) is 7.11 Å². The minimum atomic E-state index is -0.176. The lowest BCUT2D eigenvalue weighted by Gasteiger charge is -2.05. The van der Waals surface area contributed by atoms with Crippen LogP contribution in [0.4, 0.5) is 0 Å². The zero-order valence-electron chi connectivity index (χ0n) is 6.79. The third-order valence-corrected chi connectivity index (χ3v) is 1.59. The van der Waals surface area contributed by atoms with Crippen LogP contribution < -0.4 is 10.5 Å². The first-order chi connectivity index (χ1) is 5.24. The van der Waals surface area contributed by atoms with Gasteiger partial charge in [0, 0.05) is 6.04 Å². The molecule has 0 aliphatic carbocycles. The first kappa shape index (κ1) is 8.08. The summed E-state index contributed by atoms with van der Waals surface area (Å²) in [4.78, 5) is 0. The highest BCUT2D eigenvalue weighted by Gasteiger charge is 1.99. The maximum atomic E-state index is 7.43. The Morgan fingerprint density at radius 3 is 2.73 bits per heavy atom. The zero-order valence-corrected chi connectivity index (χ0v) is 6.79. The number of nitrogens with one attached hydrogen (secondary N) is 1. The van der Waals surface area contributed by atoms with E-state index in [-0.39, 0.29) is 6.04 Å². The number of ether oxygens (including phenoxy) is 1. The Morgan fingerprint density at radius 2 is 2.18 bits per heavy atom. The van der Waals surface area contributed by atoms with E-state index in [0.29, 0.717) is 0 Å². The van der Waals surface area contributed by atoms with E-state index in [1.165, 1.54) is 0 Å². The molecule has 1 aromatic rings. The molecule has 1 rings (SSSR count). The number of benzene rings is 1. The lowest BCUT2D eigenvalue weighted by Crippen LogP contribution is -1.93. The molecule has 0 saturated carbocycles. The van der Waals surface area contributed by atoms with Gasteiger partial charge in [-0.1, -0.05) is 12.1 Å². The molecule has 1 N–H and O–H groups in total. The third kappa shape index (κ3) is 1.95. The molecule has 1 aromatic carbocycles. The van der Waals surface area contributed by atoms with E-state index in [0.717, 1.165) is 11.3 Å². The molecule has 1 radical (unpaired) electrons. The van der Waals surface area contributed by atoms with E-state index < -0.39 is 0 Å². The van der Waals surface area contributed by atoms with Gasteiger partial charge in [-0.15, -0.1) is 0 Å². The molecule has 0 spiro atoms. The van der Waals surface area contributed by atoms with Crippen LogP contribution in [0, 0.1) is 0 Å². The van der Waals surface area contributed by atoms with Crippen molar-refractivity contribution in [2.24, 2.45) is 0 Å². The fraction of sp³-hybridized carbons (Fsp3) is 0.333. The molecule has 0 fully saturated rings. The molecule has 1 atom stereocenters. The quantitative estimate of drug-likeness (QED) is 0.635. The maximum Gasteiger partial charge on any atom is 0.119 e. The van der Waals surface area contributed by atoms with Crippen molar-refractivity contribution in [1.82, 2.24) is 5.73 Å². The molecule has 59 valence electrons. The number of methoxy groups -OCH3 is 1. The van der Waals surface area contributed by atoms with Crippen LogP contribution in [0.15, 0.2) is 24.3 Å². The summed E-state index contributed by atoms with van der Waals surface area (Å²) in [5.74, 6) is 0.821. The van der Waals surface area contributed by atoms with E-state index in [9.17, 15) is 0 Å². The summed E-state index contributed by atoms with van der Waals surface area (Å²) in [6, 6.07) is 7.42. The van der Waals surface area contributed by atoms with Crippen molar-refractivity contribution >= 4 is 0 Å². The van der Waals surface area contributed by atoms with E-state index in [1.54, 1.807) is 7.11 Å². The maximum absolute atomic E-state index is 7.43. The predicted octanol–water partition coefficient (Wildman–Crippen LogP) is 2.04. The smallest absolute Gasteiger partial charge is 0.119 e. The lowest BCUT2D eigenvalue weighted by molar-refractivity contribution is 0.414. The Kier molecular flexibility index (Phi) is 2.49. The molecule has 2 heteroatoms. The second kappa shape index (κ2) is 3.39. The Labute approximate surface area is 67.0 Å². The summed E-state index contributed by atoms with van der Waals surface area (Å²) < 4.78 is 5.02. The van der Waals surface area contributed by atoms with Gasteiger partial charge in [0.15, 0.2) is 0 Å². The number of rotatable bonds is 2. The van der Waals surface area contributed by atoms with Crippen LogP contribution >= 0.6 is 0 Å². The average Bonchev–Trinajstić information content (AvgIpc) is 2.05. The van der Waals surface area contributed by atoms with Crippen LogP contribution in [0.1, 0.15) is 18.5 Å². The topological polar surface area (TPSA) is 33.0 Å². The highest BCUT2D eigenvalue weighted by molar-refractivity contribution is 5.29. The van der Waals surface area contributed by atoms with Gasteiger partial charge in [0.25, 0.3) is 0 Å². The zero-order chi connectivity index (χ0) is 8.27. The Bertz CT molecular complexity index is 233. The summed E-state index contributed by atoms with van der Waals surface area (Å²) >= 11 is 0. The summed E-state index contributed by atoms with van der Waals surface area (Å²) in [6.45, 7) is 1.84. The standard InChI is InChI=1S/C9H12NO/c1-7(10)8-4-3-5-9(6-8)11-2/h3-7,10H,1-2H3. The van der Waals surface area contributed by atoms with Crippen molar-refractivity contribution in [2.45, 2.75) is 13.0 Å². The highest BCUT2D eigenvalue weighted by Crippen LogP contribution is 2.17. The van der Waals surface area contributed by atoms with Crippen molar-refractivity contribution in [3.8, 4) is 5.75 Å². The van der Waals surface area contributed by atoms with E-state index in [4.69, 9.17) is 10.5 Å². The molecule has 0 aliphatic rings. The molecular weight excluding hydrogens is 138 g/mol. The summed E-state index contributed by atoms with van der Waals surface area (Å²) in [7, 11) is 1.63. The van der Waals surface area contributed by atoms with Crippen LogP contribution in [0.25, 0.3) is 0 Å². The van der Waals surface area contributed by atoms with Gasteiger partial charge in [0.2, 0.25) is 0 Å². The van der Waals surface area contributed by atoms with Gasteiger partial charge >= 0.3 is 0 Å². The molecule has 0 heterocycles. The van der Waals surface area contributed by atoms with Crippen molar-refractivity contribution in [2.75, 3.05) is 7.11 Å². The second-order valence-electron chi connectivity index (χ2n) is 2.50.